The predicted molar refractivity (Wildman–Crippen MR) is 77.5 cm³/mol. The normalized spacial score (nSPS) is 22.4. The summed E-state index contributed by atoms with van der Waals surface area (Å²) < 4.78 is 0. The molecule has 0 spiro atoms. The van der Waals surface area contributed by atoms with Crippen LogP contribution in [0.25, 0.3) is 0 Å². The molecule has 20 heavy (non-hydrogen) atoms. The lowest BCUT2D eigenvalue weighted by atomic mass is 9.50. The zero-order valence-corrected chi connectivity index (χ0v) is 13.1. The van der Waals surface area contributed by atoms with E-state index in [-0.39, 0.29) is 11.8 Å². The summed E-state index contributed by atoms with van der Waals surface area (Å²) in [4.78, 5) is 24.3. The fourth-order valence-electron chi connectivity index (χ4n) is 4.73. The highest BCUT2D eigenvalue weighted by atomic mass is 16.4. The maximum atomic E-state index is 12.2. The fraction of sp³-hybridized carbons (Fsp3) is 0.875. The molecule has 0 aromatic carbocycles. The van der Waals surface area contributed by atoms with Crippen LogP contribution in [-0.4, -0.2) is 22.2 Å². The van der Waals surface area contributed by atoms with E-state index in [1.165, 1.54) is 0 Å². The van der Waals surface area contributed by atoms with Crippen molar-refractivity contribution in [1.82, 2.24) is 0 Å². The van der Waals surface area contributed by atoms with Gasteiger partial charge in [-0.05, 0) is 37.5 Å². The van der Waals surface area contributed by atoms with Gasteiger partial charge in [-0.25, -0.2) is 0 Å². The summed E-state index contributed by atoms with van der Waals surface area (Å²) in [6, 6.07) is 0. The van der Waals surface area contributed by atoms with Crippen LogP contribution in [0, 0.1) is 22.7 Å². The number of carboxylic acids is 2. The van der Waals surface area contributed by atoms with Gasteiger partial charge in [0, 0.05) is 0 Å². The summed E-state index contributed by atoms with van der Waals surface area (Å²) in [7, 11) is 0. The molecule has 0 heterocycles. The van der Waals surface area contributed by atoms with Crippen molar-refractivity contribution in [2.75, 3.05) is 0 Å². The number of hydrogen-bond donors (Lipinski definition) is 2. The highest BCUT2D eigenvalue weighted by molar-refractivity contribution is 5.87. The molecule has 0 aromatic heterocycles. The lowest BCUT2D eigenvalue weighted by molar-refractivity contribution is -0.188. The standard InChI is InChI=1S/C16H28O4/c1-5-15(11(3)4,13(17)18)16(6-2,14(19)20)12-9-7-8-10-12/h11-12H,5-10H2,1-4H3,(H,17,18)(H,19,20). The first-order valence-corrected chi connectivity index (χ1v) is 7.78. The lowest BCUT2D eigenvalue weighted by Crippen LogP contribution is -2.58. The van der Waals surface area contributed by atoms with Gasteiger partial charge in [-0.3, -0.25) is 9.59 Å². The van der Waals surface area contributed by atoms with Gasteiger partial charge >= 0.3 is 11.9 Å². The van der Waals surface area contributed by atoms with Gasteiger partial charge in [0.25, 0.3) is 0 Å². The van der Waals surface area contributed by atoms with E-state index >= 15 is 0 Å². The van der Waals surface area contributed by atoms with Gasteiger partial charge in [-0.15, -0.1) is 0 Å². The molecule has 1 aliphatic rings. The highest BCUT2D eigenvalue weighted by Gasteiger charge is 2.64. The van der Waals surface area contributed by atoms with Crippen LogP contribution in [0.15, 0.2) is 0 Å². The van der Waals surface area contributed by atoms with Crippen molar-refractivity contribution >= 4 is 11.9 Å². The van der Waals surface area contributed by atoms with Gasteiger partial charge < -0.3 is 10.2 Å². The van der Waals surface area contributed by atoms with Crippen molar-refractivity contribution in [1.29, 1.82) is 0 Å². The van der Waals surface area contributed by atoms with Crippen LogP contribution in [0.3, 0.4) is 0 Å². The lowest BCUT2D eigenvalue weighted by Gasteiger charge is -2.50. The maximum Gasteiger partial charge on any atom is 0.311 e. The molecule has 0 saturated heterocycles. The third-order valence-corrected chi connectivity index (χ3v) is 5.71. The van der Waals surface area contributed by atoms with E-state index in [0.29, 0.717) is 12.8 Å². The molecular weight excluding hydrogens is 256 g/mol. The third-order valence-electron chi connectivity index (χ3n) is 5.71. The van der Waals surface area contributed by atoms with E-state index in [9.17, 15) is 19.8 Å². The molecule has 1 aliphatic carbocycles. The van der Waals surface area contributed by atoms with Crippen molar-refractivity contribution in [3.8, 4) is 0 Å². The minimum absolute atomic E-state index is 0.0246. The Balaban J connectivity index is 3.53. The van der Waals surface area contributed by atoms with Crippen molar-refractivity contribution in [3.63, 3.8) is 0 Å². The van der Waals surface area contributed by atoms with E-state index in [4.69, 9.17) is 0 Å². The Labute approximate surface area is 121 Å². The Morgan fingerprint density at radius 3 is 1.80 bits per heavy atom. The molecule has 0 aromatic rings. The first-order valence-electron chi connectivity index (χ1n) is 7.78. The molecular formula is C16H28O4. The molecule has 1 saturated carbocycles. The smallest absolute Gasteiger partial charge is 0.311 e. The van der Waals surface area contributed by atoms with E-state index in [2.05, 4.69) is 0 Å². The number of rotatable bonds is 7. The molecule has 4 nitrogen and oxygen atoms in total. The van der Waals surface area contributed by atoms with Crippen LogP contribution >= 0.6 is 0 Å². The van der Waals surface area contributed by atoms with Gasteiger partial charge in [0.2, 0.25) is 0 Å². The monoisotopic (exact) mass is 284 g/mol. The summed E-state index contributed by atoms with van der Waals surface area (Å²) in [6.07, 6.45) is 4.43. The van der Waals surface area contributed by atoms with Gasteiger partial charge in [-0.1, -0.05) is 40.5 Å². The van der Waals surface area contributed by atoms with Crippen LogP contribution in [0.4, 0.5) is 0 Å². The summed E-state index contributed by atoms with van der Waals surface area (Å²) in [5.41, 5.74) is -2.35. The largest absolute Gasteiger partial charge is 0.481 e. The van der Waals surface area contributed by atoms with Gasteiger partial charge in [0.15, 0.2) is 0 Å². The van der Waals surface area contributed by atoms with Gasteiger partial charge in [-0.2, -0.15) is 0 Å². The van der Waals surface area contributed by atoms with Crippen LogP contribution in [0.1, 0.15) is 66.2 Å². The summed E-state index contributed by atoms with van der Waals surface area (Å²) in [6.45, 7) is 7.35. The molecule has 1 rings (SSSR count). The fourth-order valence-corrected chi connectivity index (χ4v) is 4.73. The molecule has 0 amide bonds. The third kappa shape index (κ3) is 2.13. The average Bonchev–Trinajstić information content (AvgIpc) is 2.88. The maximum absolute atomic E-state index is 12.2. The Morgan fingerprint density at radius 1 is 1.05 bits per heavy atom. The van der Waals surface area contributed by atoms with Crippen molar-refractivity contribution in [3.05, 3.63) is 0 Å². The van der Waals surface area contributed by atoms with Gasteiger partial charge in [0.1, 0.15) is 0 Å². The summed E-state index contributed by atoms with van der Waals surface area (Å²) in [5, 5.41) is 19.9. The highest BCUT2D eigenvalue weighted by Crippen LogP contribution is 2.58. The van der Waals surface area contributed by atoms with Crippen LogP contribution in [0.5, 0.6) is 0 Å². The van der Waals surface area contributed by atoms with Crippen LogP contribution in [0.2, 0.25) is 0 Å². The number of carboxylic acid groups (broad SMARTS) is 2. The number of aliphatic carboxylic acids is 2. The van der Waals surface area contributed by atoms with Crippen molar-refractivity contribution < 1.29 is 19.8 Å². The minimum Gasteiger partial charge on any atom is -0.481 e. The van der Waals surface area contributed by atoms with E-state index in [1.807, 2.05) is 27.7 Å². The Bertz CT molecular complexity index is 371. The number of carbonyl (C=O) groups is 2. The molecule has 1 fully saturated rings. The van der Waals surface area contributed by atoms with Crippen LogP contribution < -0.4 is 0 Å². The van der Waals surface area contributed by atoms with Crippen molar-refractivity contribution in [2.45, 2.75) is 66.2 Å². The second-order valence-corrected chi connectivity index (χ2v) is 6.40. The Morgan fingerprint density at radius 2 is 1.55 bits per heavy atom. The number of hydrogen-bond acceptors (Lipinski definition) is 2. The predicted octanol–water partition coefficient (Wildman–Crippen LogP) is 3.79. The SMILES string of the molecule is CCC(C(=O)O)(C(C)C)C(CC)(C(=O)O)C1CCCC1. The summed E-state index contributed by atoms with van der Waals surface area (Å²) >= 11 is 0. The quantitative estimate of drug-likeness (QED) is 0.745. The molecule has 0 aliphatic heterocycles. The molecule has 0 radical (unpaired) electrons. The van der Waals surface area contributed by atoms with E-state index in [1.54, 1.807) is 0 Å². The second kappa shape index (κ2) is 6.15. The molecule has 2 atom stereocenters. The zero-order chi connectivity index (χ0) is 15.6. The molecule has 2 unspecified atom stereocenters. The van der Waals surface area contributed by atoms with E-state index < -0.39 is 22.8 Å². The van der Waals surface area contributed by atoms with E-state index in [0.717, 1.165) is 25.7 Å². The Kier molecular flexibility index (Phi) is 5.22. The van der Waals surface area contributed by atoms with Crippen molar-refractivity contribution in [2.24, 2.45) is 22.7 Å². The van der Waals surface area contributed by atoms with Gasteiger partial charge in [0.05, 0.1) is 10.8 Å². The first kappa shape index (κ1) is 17.0. The molecule has 0 bridgehead atoms. The second-order valence-electron chi connectivity index (χ2n) is 6.40. The molecule has 4 heteroatoms. The Hall–Kier alpha value is -1.06. The minimum atomic E-state index is -1.19. The average molecular weight is 284 g/mol. The molecule has 2 N–H and O–H groups in total. The zero-order valence-electron chi connectivity index (χ0n) is 13.1. The topological polar surface area (TPSA) is 74.6 Å². The summed E-state index contributed by atoms with van der Waals surface area (Å²) in [5.74, 6) is -2.11. The first-order chi connectivity index (χ1) is 9.31. The van der Waals surface area contributed by atoms with Crippen LogP contribution in [-0.2, 0) is 9.59 Å². The molecule has 116 valence electrons.